The maximum Gasteiger partial charge on any atom is 0.191 e. The molecule has 0 unspecified atom stereocenters. The van der Waals surface area contributed by atoms with Gasteiger partial charge in [0.1, 0.15) is 12.9 Å². The second-order valence-electron chi connectivity index (χ2n) is 4.78. The highest BCUT2D eigenvalue weighted by atomic mass is 15.3. The van der Waals surface area contributed by atoms with Crippen LogP contribution in [0.25, 0.3) is 0 Å². The Hall–Kier alpha value is -2.38. The highest BCUT2D eigenvalue weighted by Gasteiger charge is 2.03. The smallest absolute Gasteiger partial charge is 0.191 e. The van der Waals surface area contributed by atoms with Crippen molar-refractivity contribution >= 4 is 5.96 Å². The van der Waals surface area contributed by atoms with Crippen molar-refractivity contribution in [2.75, 3.05) is 13.1 Å². The molecule has 2 aromatic heterocycles. The van der Waals surface area contributed by atoms with Crippen LogP contribution in [-0.4, -0.2) is 43.6 Å². The van der Waals surface area contributed by atoms with E-state index in [1.807, 2.05) is 21.5 Å². The molecule has 0 saturated heterocycles. The van der Waals surface area contributed by atoms with Crippen molar-refractivity contribution in [1.29, 1.82) is 0 Å². The molecule has 2 rings (SSSR count). The van der Waals surface area contributed by atoms with Crippen LogP contribution < -0.4 is 10.6 Å². The van der Waals surface area contributed by atoms with Crippen molar-refractivity contribution < 1.29 is 0 Å². The van der Waals surface area contributed by atoms with Crippen molar-refractivity contribution in [1.82, 2.24) is 35.2 Å². The van der Waals surface area contributed by atoms with Gasteiger partial charge in [-0.25, -0.2) is 4.99 Å². The van der Waals surface area contributed by atoms with E-state index in [1.165, 1.54) is 0 Å². The van der Waals surface area contributed by atoms with Crippen molar-refractivity contribution in [2.45, 2.75) is 39.9 Å². The summed E-state index contributed by atoms with van der Waals surface area (Å²) in [6, 6.07) is 1.93. The molecule has 0 fully saturated rings. The maximum absolute atomic E-state index is 4.55. The molecule has 0 aliphatic heterocycles. The SMILES string of the molecule is CCNC(=NCc1nncn1CC)NCCCn1cccn1. The van der Waals surface area contributed by atoms with E-state index >= 15 is 0 Å². The fourth-order valence-corrected chi connectivity index (χ4v) is 2.04. The molecule has 2 heterocycles. The largest absolute Gasteiger partial charge is 0.357 e. The molecule has 0 saturated carbocycles. The van der Waals surface area contributed by atoms with E-state index < -0.39 is 0 Å². The third-order valence-corrected chi connectivity index (χ3v) is 3.17. The minimum atomic E-state index is 0.516. The van der Waals surface area contributed by atoms with Gasteiger partial charge in [-0.2, -0.15) is 5.10 Å². The molecule has 8 heteroatoms. The number of hydrogen-bond acceptors (Lipinski definition) is 4. The molecular formula is C14H24N8. The zero-order chi connectivity index (χ0) is 15.6. The first-order valence-electron chi connectivity index (χ1n) is 7.69. The Morgan fingerprint density at radius 2 is 2.23 bits per heavy atom. The molecular weight excluding hydrogens is 280 g/mol. The quantitative estimate of drug-likeness (QED) is 0.425. The number of aromatic nitrogens is 5. The molecule has 120 valence electrons. The zero-order valence-corrected chi connectivity index (χ0v) is 13.2. The van der Waals surface area contributed by atoms with E-state index in [-0.39, 0.29) is 0 Å². The Balaban J connectivity index is 1.79. The van der Waals surface area contributed by atoms with E-state index in [0.29, 0.717) is 6.54 Å². The number of aryl methyl sites for hydroxylation is 2. The Bertz CT molecular complexity index is 557. The molecule has 0 aromatic carbocycles. The minimum Gasteiger partial charge on any atom is -0.357 e. The van der Waals surface area contributed by atoms with Crippen LogP contribution in [0.2, 0.25) is 0 Å². The Morgan fingerprint density at radius 1 is 1.32 bits per heavy atom. The van der Waals surface area contributed by atoms with Crippen LogP contribution in [0.3, 0.4) is 0 Å². The summed E-state index contributed by atoms with van der Waals surface area (Å²) in [5, 5.41) is 18.7. The maximum atomic E-state index is 4.55. The Morgan fingerprint density at radius 3 is 2.95 bits per heavy atom. The van der Waals surface area contributed by atoms with Gasteiger partial charge in [0.25, 0.3) is 0 Å². The van der Waals surface area contributed by atoms with Gasteiger partial charge in [-0.3, -0.25) is 4.68 Å². The monoisotopic (exact) mass is 304 g/mol. The number of guanidine groups is 1. The lowest BCUT2D eigenvalue weighted by Crippen LogP contribution is -2.38. The highest BCUT2D eigenvalue weighted by molar-refractivity contribution is 5.79. The lowest BCUT2D eigenvalue weighted by atomic mass is 10.4. The van der Waals surface area contributed by atoms with Crippen molar-refractivity contribution in [3.63, 3.8) is 0 Å². The second-order valence-corrected chi connectivity index (χ2v) is 4.78. The van der Waals surface area contributed by atoms with Gasteiger partial charge in [0.15, 0.2) is 11.8 Å². The van der Waals surface area contributed by atoms with Gasteiger partial charge in [-0.05, 0) is 26.3 Å². The first kappa shape index (κ1) is 16.0. The molecule has 8 nitrogen and oxygen atoms in total. The third kappa shape index (κ3) is 4.87. The number of nitrogens with zero attached hydrogens (tertiary/aromatic N) is 6. The van der Waals surface area contributed by atoms with Crippen LogP contribution >= 0.6 is 0 Å². The van der Waals surface area contributed by atoms with E-state index in [2.05, 4.69) is 44.8 Å². The fraction of sp³-hybridized carbons (Fsp3) is 0.571. The molecule has 0 aliphatic carbocycles. The molecule has 2 aromatic rings. The standard InChI is InChI=1S/C14H24N8/c1-3-15-14(16-7-5-9-22-10-6-8-19-22)17-11-13-20-18-12-21(13)4-2/h6,8,10,12H,3-5,7,9,11H2,1-2H3,(H2,15,16,17). The van der Waals surface area contributed by atoms with Crippen LogP contribution in [0.15, 0.2) is 29.8 Å². The van der Waals surface area contributed by atoms with Crippen LogP contribution in [0.4, 0.5) is 0 Å². The van der Waals surface area contributed by atoms with Crippen molar-refractivity contribution in [2.24, 2.45) is 4.99 Å². The highest BCUT2D eigenvalue weighted by Crippen LogP contribution is 1.97. The lowest BCUT2D eigenvalue weighted by molar-refractivity contribution is 0.570. The predicted octanol–water partition coefficient (Wildman–Crippen LogP) is 0.640. The molecule has 0 amide bonds. The number of nitrogens with one attached hydrogen (secondary N) is 2. The van der Waals surface area contributed by atoms with E-state index in [9.17, 15) is 0 Å². The van der Waals surface area contributed by atoms with Gasteiger partial charge < -0.3 is 15.2 Å². The predicted molar refractivity (Wildman–Crippen MR) is 85.4 cm³/mol. The van der Waals surface area contributed by atoms with Crippen molar-refractivity contribution in [3.8, 4) is 0 Å². The van der Waals surface area contributed by atoms with Crippen LogP contribution in [0.5, 0.6) is 0 Å². The van der Waals surface area contributed by atoms with E-state index in [0.717, 1.165) is 44.4 Å². The fourth-order valence-electron chi connectivity index (χ4n) is 2.04. The molecule has 0 atom stereocenters. The lowest BCUT2D eigenvalue weighted by Gasteiger charge is -2.11. The number of hydrogen-bond donors (Lipinski definition) is 2. The van der Waals surface area contributed by atoms with Crippen LogP contribution in [0.1, 0.15) is 26.1 Å². The van der Waals surface area contributed by atoms with Crippen LogP contribution in [-0.2, 0) is 19.6 Å². The average Bonchev–Trinajstić information content (AvgIpc) is 3.19. The molecule has 0 radical (unpaired) electrons. The summed E-state index contributed by atoms with van der Waals surface area (Å²) in [4.78, 5) is 4.55. The minimum absolute atomic E-state index is 0.516. The van der Waals surface area contributed by atoms with Gasteiger partial charge >= 0.3 is 0 Å². The van der Waals surface area contributed by atoms with Gasteiger partial charge in [-0.15, -0.1) is 10.2 Å². The second kappa shape index (κ2) is 8.81. The van der Waals surface area contributed by atoms with Crippen molar-refractivity contribution in [3.05, 3.63) is 30.6 Å². The van der Waals surface area contributed by atoms with Crippen LogP contribution in [0, 0.1) is 0 Å². The zero-order valence-electron chi connectivity index (χ0n) is 13.2. The van der Waals surface area contributed by atoms with Gasteiger partial charge in [-0.1, -0.05) is 0 Å². The van der Waals surface area contributed by atoms with E-state index in [1.54, 1.807) is 12.5 Å². The average molecular weight is 304 g/mol. The first-order valence-corrected chi connectivity index (χ1v) is 7.69. The first-order chi connectivity index (χ1) is 10.8. The summed E-state index contributed by atoms with van der Waals surface area (Å²) in [6.07, 6.45) is 6.48. The third-order valence-electron chi connectivity index (χ3n) is 3.17. The van der Waals surface area contributed by atoms with E-state index in [4.69, 9.17) is 0 Å². The summed E-state index contributed by atoms with van der Waals surface area (Å²) in [5.74, 6) is 1.67. The molecule has 0 spiro atoms. The molecule has 0 aliphatic rings. The topological polar surface area (TPSA) is 85.0 Å². The molecule has 2 N–H and O–H groups in total. The normalized spacial score (nSPS) is 11.6. The summed E-state index contributed by atoms with van der Waals surface area (Å²) < 4.78 is 3.92. The molecule has 0 bridgehead atoms. The summed E-state index contributed by atoms with van der Waals surface area (Å²) in [7, 11) is 0. The summed E-state index contributed by atoms with van der Waals surface area (Å²) >= 11 is 0. The Labute approximate surface area is 130 Å². The van der Waals surface area contributed by atoms with Gasteiger partial charge in [0, 0.05) is 38.6 Å². The molecule has 22 heavy (non-hydrogen) atoms. The summed E-state index contributed by atoms with van der Waals surface area (Å²) in [6.45, 7) is 8.04. The number of rotatable bonds is 8. The van der Waals surface area contributed by atoms with Gasteiger partial charge in [0.05, 0.1) is 0 Å². The summed E-state index contributed by atoms with van der Waals surface area (Å²) in [5.41, 5.74) is 0. The Kier molecular flexibility index (Phi) is 6.40. The van der Waals surface area contributed by atoms with Gasteiger partial charge in [0.2, 0.25) is 0 Å². The number of aliphatic imine (C=N–C) groups is 1.